The van der Waals surface area contributed by atoms with Crippen molar-refractivity contribution in [3.05, 3.63) is 77.9 Å². The number of carbonyl (C=O) groups is 2. The molecule has 0 aliphatic heterocycles. The first-order chi connectivity index (χ1) is 12.5. The molecule has 1 atom stereocenters. The van der Waals surface area contributed by atoms with Crippen LogP contribution in [0.2, 0.25) is 0 Å². The number of hydrogen-bond donors (Lipinski definition) is 1. The lowest BCUT2D eigenvalue weighted by Crippen LogP contribution is -2.22. The second kappa shape index (κ2) is 8.19. The molecule has 3 rings (SSSR count). The van der Waals surface area contributed by atoms with Gasteiger partial charge in [-0.05, 0) is 42.3 Å². The minimum Gasteiger partial charge on any atom is -0.325 e. The van der Waals surface area contributed by atoms with Crippen LogP contribution in [0.4, 0.5) is 5.69 Å². The molecule has 26 heavy (non-hydrogen) atoms. The molecule has 0 aliphatic carbocycles. The van der Waals surface area contributed by atoms with Gasteiger partial charge in [0.05, 0.1) is 5.25 Å². The SMILES string of the molecule is CC(=O)c1cccc(NC(=O)C(C)SCc2cccc3ccccc23)c1. The van der Waals surface area contributed by atoms with Gasteiger partial charge in [0.15, 0.2) is 5.78 Å². The Morgan fingerprint density at radius 1 is 1.00 bits per heavy atom. The minimum absolute atomic E-state index is 0.0144. The van der Waals surface area contributed by atoms with Crippen molar-refractivity contribution in [3.63, 3.8) is 0 Å². The monoisotopic (exact) mass is 363 g/mol. The number of ketones is 1. The Balaban J connectivity index is 1.64. The number of fused-ring (bicyclic) bond motifs is 1. The van der Waals surface area contributed by atoms with E-state index in [0.29, 0.717) is 11.3 Å². The molecule has 0 bridgehead atoms. The number of Topliss-reactive ketones (excluding diaryl/α,β-unsaturated/α-hetero) is 1. The zero-order chi connectivity index (χ0) is 18.5. The molecule has 3 aromatic rings. The summed E-state index contributed by atoms with van der Waals surface area (Å²) in [5, 5.41) is 5.14. The smallest absolute Gasteiger partial charge is 0.237 e. The summed E-state index contributed by atoms with van der Waals surface area (Å²) in [6, 6.07) is 21.6. The zero-order valence-electron chi connectivity index (χ0n) is 14.9. The molecule has 0 radical (unpaired) electrons. The van der Waals surface area contributed by atoms with Crippen LogP contribution in [0.15, 0.2) is 66.7 Å². The van der Waals surface area contributed by atoms with Gasteiger partial charge in [-0.1, -0.05) is 54.6 Å². The van der Waals surface area contributed by atoms with E-state index in [2.05, 4.69) is 35.6 Å². The maximum absolute atomic E-state index is 12.5. The first-order valence-corrected chi connectivity index (χ1v) is 9.59. The molecule has 0 aromatic heterocycles. The van der Waals surface area contributed by atoms with E-state index < -0.39 is 0 Å². The third-order valence-corrected chi connectivity index (χ3v) is 5.47. The van der Waals surface area contributed by atoms with Crippen LogP contribution >= 0.6 is 11.8 Å². The number of thioether (sulfide) groups is 1. The number of amides is 1. The average molecular weight is 363 g/mol. The van der Waals surface area contributed by atoms with E-state index in [4.69, 9.17) is 0 Å². The van der Waals surface area contributed by atoms with Crippen LogP contribution in [-0.2, 0) is 10.5 Å². The van der Waals surface area contributed by atoms with Crippen molar-refractivity contribution in [2.45, 2.75) is 24.9 Å². The van der Waals surface area contributed by atoms with Gasteiger partial charge in [-0.2, -0.15) is 0 Å². The molecule has 0 saturated heterocycles. The standard InChI is InChI=1S/C22H21NO2S/c1-15(24)18-9-6-11-20(13-18)23-22(25)16(2)26-14-19-10-5-8-17-7-3-4-12-21(17)19/h3-13,16H,14H2,1-2H3,(H,23,25). The molecule has 0 spiro atoms. The number of hydrogen-bond acceptors (Lipinski definition) is 3. The normalized spacial score (nSPS) is 11.9. The number of anilines is 1. The zero-order valence-corrected chi connectivity index (χ0v) is 15.7. The quantitative estimate of drug-likeness (QED) is 0.604. The van der Waals surface area contributed by atoms with Gasteiger partial charge in [-0.15, -0.1) is 11.8 Å². The Bertz CT molecular complexity index is 946. The van der Waals surface area contributed by atoms with Gasteiger partial charge in [-0.3, -0.25) is 9.59 Å². The van der Waals surface area contributed by atoms with Crippen molar-refractivity contribution < 1.29 is 9.59 Å². The first kappa shape index (κ1) is 18.2. The van der Waals surface area contributed by atoms with E-state index in [1.165, 1.54) is 23.3 Å². The van der Waals surface area contributed by atoms with E-state index in [0.717, 1.165) is 5.75 Å². The number of rotatable bonds is 6. The van der Waals surface area contributed by atoms with Crippen molar-refractivity contribution in [1.29, 1.82) is 0 Å². The largest absolute Gasteiger partial charge is 0.325 e. The van der Waals surface area contributed by atoms with E-state index in [1.54, 1.807) is 36.0 Å². The molecule has 1 unspecified atom stereocenters. The van der Waals surface area contributed by atoms with E-state index in [-0.39, 0.29) is 16.9 Å². The summed E-state index contributed by atoms with van der Waals surface area (Å²) in [4.78, 5) is 23.9. The summed E-state index contributed by atoms with van der Waals surface area (Å²) >= 11 is 1.60. The average Bonchev–Trinajstić information content (AvgIpc) is 2.66. The summed E-state index contributed by atoms with van der Waals surface area (Å²) < 4.78 is 0. The summed E-state index contributed by atoms with van der Waals surface area (Å²) in [6.45, 7) is 3.42. The van der Waals surface area contributed by atoms with Crippen LogP contribution in [0.1, 0.15) is 29.8 Å². The molecule has 0 aliphatic rings. The predicted octanol–water partition coefficient (Wildman–Crippen LogP) is 5.30. The molecular weight excluding hydrogens is 342 g/mol. The van der Waals surface area contributed by atoms with E-state index in [9.17, 15) is 9.59 Å². The van der Waals surface area contributed by atoms with Gasteiger partial charge in [0, 0.05) is 17.0 Å². The third-order valence-electron chi connectivity index (χ3n) is 4.27. The fourth-order valence-corrected chi connectivity index (χ4v) is 3.66. The van der Waals surface area contributed by atoms with Crippen molar-refractivity contribution >= 4 is 39.9 Å². The van der Waals surface area contributed by atoms with Gasteiger partial charge in [0.25, 0.3) is 0 Å². The van der Waals surface area contributed by atoms with Crippen molar-refractivity contribution in [1.82, 2.24) is 0 Å². The van der Waals surface area contributed by atoms with Crippen LogP contribution in [0.5, 0.6) is 0 Å². The van der Waals surface area contributed by atoms with Crippen LogP contribution in [0.25, 0.3) is 10.8 Å². The van der Waals surface area contributed by atoms with Crippen LogP contribution in [-0.4, -0.2) is 16.9 Å². The van der Waals surface area contributed by atoms with Gasteiger partial charge < -0.3 is 5.32 Å². The van der Waals surface area contributed by atoms with Gasteiger partial charge >= 0.3 is 0 Å². The lowest BCUT2D eigenvalue weighted by molar-refractivity contribution is -0.115. The summed E-state index contributed by atoms with van der Waals surface area (Å²) in [5.74, 6) is 0.694. The van der Waals surface area contributed by atoms with E-state index >= 15 is 0 Å². The third kappa shape index (κ3) is 4.33. The lowest BCUT2D eigenvalue weighted by atomic mass is 10.1. The number of benzene rings is 3. The molecule has 1 amide bonds. The van der Waals surface area contributed by atoms with Crippen LogP contribution < -0.4 is 5.32 Å². The highest BCUT2D eigenvalue weighted by molar-refractivity contribution is 7.99. The number of nitrogens with one attached hydrogen (secondary N) is 1. The highest BCUT2D eigenvalue weighted by Gasteiger charge is 2.15. The van der Waals surface area contributed by atoms with Gasteiger partial charge in [0.1, 0.15) is 0 Å². The lowest BCUT2D eigenvalue weighted by Gasteiger charge is -2.13. The molecule has 1 N–H and O–H groups in total. The fourth-order valence-electron chi connectivity index (χ4n) is 2.77. The summed E-state index contributed by atoms with van der Waals surface area (Å²) in [5.41, 5.74) is 2.48. The van der Waals surface area contributed by atoms with Crippen LogP contribution in [0, 0.1) is 0 Å². The predicted molar refractivity (Wildman–Crippen MR) is 110 cm³/mol. The Morgan fingerprint density at radius 2 is 1.73 bits per heavy atom. The molecule has 3 nitrogen and oxygen atoms in total. The fraction of sp³-hybridized carbons (Fsp3) is 0.182. The highest BCUT2D eigenvalue weighted by Crippen LogP contribution is 2.25. The summed E-state index contributed by atoms with van der Waals surface area (Å²) in [6.07, 6.45) is 0. The van der Waals surface area contributed by atoms with Crippen molar-refractivity contribution in [2.24, 2.45) is 0 Å². The van der Waals surface area contributed by atoms with E-state index in [1.807, 2.05) is 19.1 Å². The maximum Gasteiger partial charge on any atom is 0.237 e. The Labute approximate surface area is 157 Å². The highest BCUT2D eigenvalue weighted by atomic mass is 32.2. The topological polar surface area (TPSA) is 46.2 Å². The Hall–Kier alpha value is -2.59. The molecule has 0 heterocycles. The Morgan fingerprint density at radius 3 is 2.54 bits per heavy atom. The molecule has 4 heteroatoms. The Kier molecular flexibility index (Phi) is 5.74. The van der Waals surface area contributed by atoms with Gasteiger partial charge in [0.2, 0.25) is 5.91 Å². The molecular formula is C22H21NO2S. The molecule has 0 fully saturated rings. The maximum atomic E-state index is 12.5. The summed E-state index contributed by atoms with van der Waals surface area (Å²) in [7, 11) is 0. The molecule has 132 valence electrons. The second-order valence-corrected chi connectivity index (χ2v) is 7.55. The van der Waals surface area contributed by atoms with Crippen LogP contribution in [0.3, 0.4) is 0 Å². The van der Waals surface area contributed by atoms with Gasteiger partial charge in [-0.25, -0.2) is 0 Å². The minimum atomic E-state index is -0.199. The van der Waals surface area contributed by atoms with Crippen molar-refractivity contribution in [3.8, 4) is 0 Å². The second-order valence-electron chi connectivity index (χ2n) is 6.22. The number of carbonyl (C=O) groups excluding carboxylic acids is 2. The van der Waals surface area contributed by atoms with Crippen molar-refractivity contribution in [2.75, 3.05) is 5.32 Å². The first-order valence-electron chi connectivity index (χ1n) is 8.54. The molecule has 0 saturated carbocycles. The molecule has 3 aromatic carbocycles.